The van der Waals surface area contributed by atoms with Crippen molar-refractivity contribution in [3.8, 4) is 0 Å². The molecule has 12 heavy (non-hydrogen) atoms. The lowest BCUT2D eigenvalue weighted by atomic mass is 9.82. The molecular weight excluding hydrogens is 152 g/mol. The maximum absolute atomic E-state index is 11.6. The van der Waals surface area contributed by atoms with Gasteiger partial charge in [0.25, 0.3) is 0 Å². The number of carbonyl (C=O) groups is 1. The topological polar surface area (TPSA) is 41.1 Å². The van der Waals surface area contributed by atoms with Crippen molar-refractivity contribution in [2.45, 2.75) is 19.3 Å². The fourth-order valence-corrected chi connectivity index (χ4v) is 2.64. The number of piperidine rings is 1. The van der Waals surface area contributed by atoms with Gasteiger partial charge < -0.3 is 10.6 Å². The number of nitrogens with one attached hydrogen (secondary N) is 2. The van der Waals surface area contributed by atoms with Crippen molar-refractivity contribution in [2.24, 2.45) is 11.3 Å². The Morgan fingerprint density at radius 2 is 2.50 bits per heavy atom. The fourth-order valence-electron chi connectivity index (χ4n) is 2.64. The maximum Gasteiger partial charge on any atom is 0.227 e. The zero-order valence-corrected chi connectivity index (χ0v) is 7.52. The molecule has 2 aliphatic rings. The first kappa shape index (κ1) is 8.05. The Kier molecular flexibility index (Phi) is 1.83. The van der Waals surface area contributed by atoms with Gasteiger partial charge >= 0.3 is 0 Å². The third-order valence-corrected chi connectivity index (χ3v) is 3.32. The monoisotopic (exact) mass is 168 g/mol. The largest absolute Gasteiger partial charge is 0.359 e. The van der Waals surface area contributed by atoms with Gasteiger partial charge in [-0.25, -0.2) is 0 Å². The molecule has 1 saturated heterocycles. The second-order valence-electron chi connectivity index (χ2n) is 4.10. The third-order valence-electron chi connectivity index (χ3n) is 3.32. The van der Waals surface area contributed by atoms with E-state index in [2.05, 4.69) is 10.6 Å². The second-order valence-corrected chi connectivity index (χ2v) is 4.10. The van der Waals surface area contributed by atoms with Crippen molar-refractivity contribution in [1.82, 2.24) is 10.6 Å². The summed E-state index contributed by atoms with van der Waals surface area (Å²) in [5.41, 5.74) is -0.0579. The average Bonchev–Trinajstić information content (AvgIpc) is 2.42. The van der Waals surface area contributed by atoms with E-state index in [9.17, 15) is 4.79 Å². The molecule has 1 saturated carbocycles. The first-order valence-electron chi connectivity index (χ1n) is 4.70. The van der Waals surface area contributed by atoms with Crippen LogP contribution in [0, 0.1) is 11.3 Å². The molecule has 1 aliphatic heterocycles. The minimum Gasteiger partial charge on any atom is -0.359 e. The molecule has 0 aromatic rings. The molecule has 68 valence electrons. The molecule has 0 aromatic carbocycles. The maximum atomic E-state index is 11.6. The molecule has 3 nitrogen and oxygen atoms in total. The molecule has 1 heterocycles. The summed E-state index contributed by atoms with van der Waals surface area (Å²) in [5.74, 6) is 0.980. The predicted molar refractivity (Wildman–Crippen MR) is 46.7 cm³/mol. The van der Waals surface area contributed by atoms with Gasteiger partial charge in [0.1, 0.15) is 0 Å². The molecule has 1 aliphatic carbocycles. The molecule has 2 unspecified atom stereocenters. The van der Waals surface area contributed by atoms with E-state index in [1.807, 2.05) is 0 Å². The van der Waals surface area contributed by atoms with Crippen LogP contribution in [0.3, 0.4) is 0 Å². The minimum atomic E-state index is -0.0579. The van der Waals surface area contributed by atoms with E-state index >= 15 is 0 Å². The summed E-state index contributed by atoms with van der Waals surface area (Å²) in [4.78, 5) is 11.6. The molecule has 0 aromatic heterocycles. The Bertz CT molecular complexity index is 201. The molecule has 2 rings (SSSR count). The zero-order valence-electron chi connectivity index (χ0n) is 7.52. The van der Waals surface area contributed by atoms with E-state index in [-0.39, 0.29) is 11.3 Å². The second kappa shape index (κ2) is 2.73. The van der Waals surface area contributed by atoms with Gasteiger partial charge in [-0.2, -0.15) is 0 Å². The highest BCUT2D eigenvalue weighted by Crippen LogP contribution is 2.43. The normalized spacial score (nSPS) is 39.6. The van der Waals surface area contributed by atoms with Crippen molar-refractivity contribution in [2.75, 3.05) is 20.1 Å². The van der Waals surface area contributed by atoms with Crippen molar-refractivity contribution >= 4 is 5.91 Å². The number of hydrogen-bond donors (Lipinski definition) is 2. The van der Waals surface area contributed by atoms with Crippen LogP contribution in [-0.2, 0) is 4.79 Å². The van der Waals surface area contributed by atoms with Crippen molar-refractivity contribution < 1.29 is 4.79 Å². The summed E-state index contributed by atoms with van der Waals surface area (Å²) < 4.78 is 0. The SMILES string of the molecule is CNC(=O)C12CCC(CNC1)C2. The van der Waals surface area contributed by atoms with E-state index in [1.54, 1.807) is 7.05 Å². The van der Waals surface area contributed by atoms with Gasteiger partial charge in [0, 0.05) is 13.6 Å². The van der Waals surface area contributed by atoms with E-state index in [0.717, 1.165) is 31.8 Å². The van der Waals surface area contributed by atoms with E-state index < -0.39 is 0 Å². The summed E-state index contributed by atoms with van der Waals surface area (Å²) in [6, 6.07) is 0. The van der Waals surface area contributed by atoms with Crippen LogP contribution in [0.5, 0.6) is 0 Å². The first-order valence-corrected chi connectivity index (χ1v) is 4.70. The number of rotatable bonds is 1. The molecule has 1 amide bonds. The van der Waals surface area contributed by atoms with E-state index in [4.69, 9.17) is 0 Å². The first-order chi connectivity index (χ1) is 5.77. The van der Waals surface area contributed by atoms with Gasteiger partial charge in [-0.3, -0.25) is 4.79 Å². The van der Waals surface area contributed by atoms with E-state index in [0.29, 0.717) is 0 Å². The highest BCUT2D eigenvalue weighted by Gasteiger charge is 2.46. The molecule has 2 fully saturated rings. The van der Waals surface area contributed by atoms with Gasteiger partial charge in [0.2, 0.25) is 5.91 Å². The lowest BCUT2D eigenvalue weighted by molar-refractivity contribution is -0.130. The number of carbonyl (C=O) groups excluding carboxylic acids is 1. The lowest BCUT2D eigenvalue weighted by Gasteiger charge is -2.31. The highest BCUT2D eigenvalue weighted by atomic mass is 16.2. The summed E-state index contributed by atoms with van der Waals surface area (Å²) in [7, 11) is 1.74. The number of amides is 1. The van der Waals surface area contributed by atoms with Crippen LogP contribution in [-0.4, -0.2) is 26.0 Å². The Labute approximate surface area is 72.9 Å². The predicted octanol–water partition coefficient (Wildman–Crippen LogP) is 0.122. The van der Waals surface area contributed by atoms with Gasteiger partial charge in [-0.05, 0) is 31.7 Å². The Hall–Kier alpha value is -0.570. The quantitative estimate of drug-likeness (QED) is 0.584. The number of fused-ring (bicyclic) bond motifs is 2. The van der Waals surface area contributed by atoms with Crippen LogP contribution in [0.15, 0.2) is 0 Å². The minimum absolute atomic E-state index is 0.0579. The molecule has 0 radical (unpaired) electrons. The Morgan fingerprint density at radius 1 is 1.67 bits per heavy atom. The number of hydrogen-bond acceptors (Lipinski definition) is 2. The van der Waals surface area contributed by atoms with Crippen molar-refractivity contribution in [1.29, 1.82) is 0 Å². The van der Waals surface area contributed by atoms with Gasteiger partial charge in [-0.15, -0.1) is 0 Å². The highest BCUT2D eigenvalue weighted by molar-refractivity contribution is 5.83. The van der Waals surface area contributed by atoms with Crippen LogP contribution in [0.2, 0.25) is 0 Å². The van der Waals surface area contributed by atoms with Crippen LogP contribution in [0.1, 0.15) is 19.3 Å². The summed E-state index contributed by atoms with van der Waals surface area (Å²) in [6.07, 6.45) is 3.39. The Balaban J connectivity index is 2.15. The lowest BCUT2D eigenvalue weighted by Crippen LogP contribution is -2.48. The van der Waals surface area contributed by atoms with Crippen LogP contribution in [0.4, 0.5) is 0 Å². The van der Waals surface area contributed by atoms with Crippen LogP contribution < -0.4 is 10.6 Å². The molecular formula is C9H16N2O. The third kappa shape index (κ3) is 1.04. The molecule has 2 N–H and O–H groups in total. The van der Waals surface area contributed by atoms with Crippen LogP contribution in [0.25, 0.3) is 0 Å². The smallest absolute Gasteiger partial charge is 0.227 e. The molecule has 2 atom stereocenters. The van der Waals surface area contributed by atoms with Crippen molar-refractivity contribution in [3.05, 3.63) is 0 Å². The van der Waals surface area contributed by atoms with Crippen molar-refractivity contribution in [3.63, 3.8) is 0 Å². The summed E-state index contributed by atoms with van der Waals surface area (Å²) in [6.45, 7) is 1.99. The Morgan fingerprint density at radius 3 is 3.25 bits per heavy atom. The average molecular weight is 168 g/mol. The fraction of sp³-hybridized carbons (Fsp3) is 0.889. The zero-order chi connectivity index (χ0) is 8.60. The van der Waals surface area contributed by atoms with Gasteiger partial charge in [0.05, 0.1) is 5.41 Å². The molecule has 2 bridgehead atoms. The molecule has 0 spiro atoms. The molecule has 3 heteroatoms. The van der Waals surface area contributed by atoms with E-state index in [1.165, 1.54) is 6.42 Å². The summed E-state index contributed by atoms with van der Waals surface area (Å²) in [5, 5.41) is 6.12. The van der Waals surface area contributed by atoms with Gasteiger partial charge in [-0.1, -0.05) is 0 Å². The summed E-state index contributed by atoms with van der Waals surface area (Å²) >= 11 is 0. The standard InChI is InChI=1S/C9H16N2O/c1-10-8(12)9-3-2-7(4-9)5-11-6-9/h7,11H,2-6H2,1H3,(H,10,12). The van der Waals surface area contributed by atoms with Crippen LogP contribution >= 0.6 is 0 Å². The van der Waals surface area contributed by atoms with Gasteiger partial charge in [0.15, 0.2) is 0 Å².